The van der Waals surface area contributed by atoms with Gasteiger partial charge in [-0.25, -0.2) is 0 Å². The zero-order valence-corrected chi connectivity index (χ0v) is 11.6. The average molecular weight is 293 g/mol. The van der Waals surface area contributed by atoms with Crippen LogP contribution >= 0.6 is 0 Å². The van der Waals surface area contributed by atoms with Gasteiger partial charge in [0.2, 0.25) is 0 Å². The van der Waals surface area contributed by atoms with Crippen LogP contribution < -0.4 is 0 Å². The van der Waals surface area contributed by atoms with Crippen molar-refractivity contribution >= 4 is 5.91 Å². The van der Waals surface area contributed by atoms with Gasteiger partial charge >= 0.3 is 0 Å². The summed E-state index contributed by atoms with van der Waals surface area (Å²) in [6.45, 7) is 3.63. The molecular formula is C12H23NO7. The van der Waals surface area contributed by atoms with Gasteiger partial charge in [0, 0.05) is 13.1 Å². The van der Waals surface area contributed by atoms with Crippen LogP contribution in [0, 0.1) is 0 Å². The number of amides is 1. The quantitative estimate of drug-likeness (QED) is 0.366. The molecule has 0 radical (unpaired) electrons. The highest BCUT2D eigenvalue weighted by atomic mass is 16.6. The predicted octanol–water partition coefficient (Wildman–Crippen LogP) is -2.94. The number of aliphatic hydroxyl groups excluding tert-OH is 5. The summed E-state index contributed by atoms with van der Waals surface area (Å²) in [5, 5.41) is 48.1. The Bertz CT molecular complexity index is 321. The van der Waals surface area contributed by atoms with Gasteiger partial charge < -0.3 is 35.2 Å². The Kier molecular flexibility index (Phi) is 6.31. The first-order chi connectivity index (χ1) is 9.38. The molecule has 0 aromatic heterocycles. The largest absolute Gasteiger partial charge is 0.394 e. The van der Waals surface area contributed by atoms with Crippen molar-refractivity contribution < 1.29 is 35.1 Å². The number of rotatable bonds is 5. The molecule has 1 heterocycles. The second-order valence-corrected chi connectivity index (χ2v) is 4.75. The molecule has 118 valence electrons. The van der Waals surface area contributed by atoms with Gasteiger partial charge in [-0.15, -0.1) is 0 Å². The molecule has 1 amide bonds. The number of nitrogens with zero attached hydrogens (tertiary/aromatic N) is 1. The lowest BCUT2D eigenvalue weighted by molar-refractivity contribution is -0.248. The summed E-state index contributed by atoms with van der Waals surface area (Å²) in [4.78, 5) is 13.4. The molecule has 20 heavy (non-hydrogen) atoms. The Morgan fingerprint density at radius 3 is 2.15 bits per heavy atom. The van der Waals surface area contributed by atoms with Crippen molar-refractivity contribution in [3.05, 3.63) is 0 Å². The Morgan fingerprint density at radius 2 is 1.70 bits per heavy atom. The summed E-state index contributed by atoms with van der Waals surface area (Å²) in [5.74, 6) is -0.640. The van der Waals surface area contributed by atoms with Gasteiger partial charge in [-0.1, -0.05) is 0 Å². The summed E-state index contributed by atoms with van der Waals surface area (Å²) in [5.41, 5.74) is 0. The van der Waals surface area contributed by atoms with Gasteiger partial charge in [0.15, 0.2) is 6.10 Å². The van der Waals surface area contributed by atoms with Crippen LogP contribution in [0.15, 0.2) is 0 Å². The van der Waals surface area contributed by atoms with E-state index in [1.807, 2.05) is 0 Å². The molecule has 8 nitrogen and oxygen atoms in total. The predicted molar refractivity (Wildman–Crippen MR) is 67.7 cm³/mol. The lowest BCUT2D eigenvalue weighted by Crippen LogP contribution is -2.63. The molecule has 0 spiro atoms. The fraction of sp³-hybridized carbons (Fsp3) is 0.917. The second-order valence-electron chi connectivity index (χ2n) is 4.75. The monoisotopic (exact) mass is 293 g/mol. The highest BCUT2D eigenvalue weighted by molar-refractivity contribution is 5.81. The first kappa shape index (κ1) is 17.3. The SMILES string of the molecule is CCN(CC)C(=O)[C@H](O)[C@@H]1O[C@H](CO)[C@@H](O)[C@H](O)[C@@H]1O. The van der Waals surface area contributed by atoms with E-state index in [1.54, 1.807) is 13.8 Å². The maximum Gasteiger partial charge on any atom is 0.254 e. The zero-order valence-electron chi connectivity index (χ0n) is 11.6. The minimum atomic E-state index is -1.68. The maximum atomic E-state index is 12.0. The average Bonchev–Trinajstić information content (AvgIpc) is 2.45. The van der Waals surface area contributed by atoms with Crippen LogP contribution in [0.25, 0.3) is 0 Å². The number of carbonyl (C=O) groups is 1. The van der Waals surface area contributed by atoms with E-state index in [1.165, 1.54) is 4.90 Å². The van der Waals surface area contributed by atoms with Crippen molar-refractivity contribution in [2.75, 3.05) is 19.7 Å². The maximum absolute atomic E-state index is 12.0. The molecule has 0 aliphatic carbocycles. The van der Waals surface area contributed by atoms with Crippen LogP contribution in [0.2, 0.25) is 0 Å². The van der Waals surface area contributed by atoms with Gasteiger partial charge in [-0.05, 0) is 13.8 Å². The molecule has 1 fully saturated rings. The fourth-order valence-corrected chi connectivity index (χ4v) is 2.25. The van der Waals surface area contributed by atoms with Crippen molar-refractivity contribution in [1.29, 1.82) is 0 Å². The lowest BCUT2D eigenvalue weighted by atomic mass is 9.92. The fourth-order valence-electron chi connectivity index (χ4n) is 2.25. The summed E-state index contributed by atoms with van der Waals surface area (Å²) < 4.78 is 5.15. The van der Waals surface area contributed by atoms with Crippen molar-refractivity contribution in [3.8, 4) is 0 Å². The molecule has 0 unspecified atom stereocenters. The molecule has 1 saturated heterocycles. The number of ether oxygens (including phenoxy) is 1. The second kappa shape index (κ2) is 7.30. The molecule has 0 aromatic rings. The number of carbonyl (C=O) groups excluding carboxylic acids is 1. The van der Waals surface area contributed by atoms with E-state index in [2.05, 4.69) is 0 Å². The van der Waals surface area contributed by atoms with E-state index >= 15 is 0 Å². The van der Waals surface area contributed by atoms with Crippen LogP contribution in [0.4, 0.5) is 0 Å². The molecule has 1 aliphatic heterocycles. The normalized spacial score (nSPS) is 35.6. The van der Waals surface area contributed by atoms with Gasteiger partial charge in [-0.3, -0.25) is 4.79 Å². The molecule has 0 aromatic carbocycles. The van der Waals surface area contributed by atoms with Crippen LogP contribution in [-0.4, -0.2) is 92.7 Å². The van der Waals surface area contributed by atoms with E-state index < -0.39 is 49.1 Å². The summed E-state index contributed by atoms with van der Waals surface area (Å²) >= 11 is 0. The summed E-state index contributed by atoms with van der Waals surface area (Å²) in [7, 11) is 0. The molecular weight excluding hydrogens is 270 g/mol. The smallest absolute Gasteiger partial charge is 0.254 e. The van der Waals surface area contributed by atoms with E-state index in [9.17, 15) is 25.2 Å². The third kappa shape index (κ3) is 3.27. The molecule has 8 heteroatoms. The van der Waals surface area contributed by atoms with Crippen LogP contribution in [0.3, 0.4) is 0 Å². The molecule has 0 bridgehead atoms. The molecule has 6 atom stereocenters. The van der Waals surface area contributed by atoms with Crippen molar-refractivity contribution in [1.82, 2.24) is 4.90 Å². The van der Waals surface area contributed by atoms with Crippen molar-refractivity contribution in [2.24, 2.45) is 0 Å². The topological polar surface area (TPSA) is 131 Å². The number of aliphatic hydroxyl groups is 5. The van der Waals surface area contributed by atoms with Gasteiger partial charge in [0.1, 0.15) is 30.5 Å². The highest BCUT2D eigenvalue weighted by Crippen LogP contribution is 2.24. The lowest BCUT2D eigenvalue weighted by Gasteiger charge is -2.42. The van der Waals surface area contributed by atoms with E-state index in [0.717, 1.165) is 0 Å². The van der Waals surface area contributed by atoms with Gasteiger partial charge in [0.25, 0.3) is 5.91 Å². The number of hydrogen-bond donors (Lipinski definition) is 5. The van der Waals surface area contributed by atoms with Crippen LogP contribution in [0.5, 0.6) is 0 Å². The molecule has 0 saturated carbocycles. The minimum absolute atomic E-state index is 0.379. The van der Waals surface area contributed by atoms with Gasteiger partial charge in [0.05, 0.1) is 6.61 Å². The highest BCUT2D eigenvalue weighted by Gasteiger charge is 2.48. The summed E-state index contributed by atoms with van der Waals surface area (Å²) in [6, 6.07) is 0. The Morgan fingerprint density at radius 1 is 1.15 bits per heavy atom. The number of hydrogen-bond acceptors (Lipinski definition) is 7. The van der Waals surface area contributed by atoms with Crippen LogP contribution in [0.1, 0.15) is 13.8 Å². The first-order valence-electron chi connectivity index (χ1n) is 6.66. The van der Waals surface area contributed by atoms with Crippen molar-refractivity contribution in [2.45, 2.75) is 50.5 Å². The zero-order chi connectivity index (χ0) is 15.4. The standard InChI is InChI=1S/C12H23NO7/c1-3-13(4-2)12(19)10(18)11-9(17)8(16)7(15)6(5-14)20-11/h6-11,14-18H,3-5H2,1-2H3/t6-,7-,8+,9+,10-,11-/m1/s1. The van der Waals surface area contributed by atoms with Gasteiger partial charge in [-0.2, -0.15) is 0 Å². The Balaban J connectivity index is 2.85. The third-order valence-corrected chi connectivity index (χ3v) is 3.57. The van der Waals surface area contributed by atoms with E-state index in [-0.39, 0.29) is 0 Å². The molecule has 1 rings (SSSR count). The Hall–Kier alpha value is -0.770. The molecule has 5 N–H and O–H groups in total. The molecule has 1 aliphatic rings. The van der Waals surface area contributed by atoms with E-state index in [0.29, 0.717) is 13.1 Å². The first-order valence-corrected chi connectivity index (χ1v) is 6.66. The van der Waals surface area contributed by atoms with Crippen molar-refractivity contribution in [3.63, 3.8) is 0 Å². The summed E-state index contributed by atoms with van der Waals surface area (Å²) in [6.07, 6.45) is -8.97. The third-order valence-electron chi connectivity index (χ3n) is 3.57. The minimum Gasteiger partial charge on any atom is -0.394 e. The van der Waals surface area contributed by atoms with Crippen LogP contribution in [-0.2, 0) is 9.53 Å². The Labute approximate surface area is 117 Å². The van der Waals surface area contributed by atoms with E-state index in [4.69, 9.17) is 9.84 Å². The number of likely N-dealkylation sites (N-methyl/N-ethyl adjacent to an activating group) is 1.